The summed E-state index contributed by atoms with van der Waals surface area (Å²) in [5.41, 5.74) is 0. The molecule has 2 amide bonds. The summed E-state index contributed by atoms with van der Waals surface area (Å²) in [6.07, 6.45) is 6.61. The summed E-state index contributed by atoms with van der Waals surface area (Å²) < 4.78 is 0. The lowest BCUT2D eigenvalue weighted by Crippen LogP contribution is -2.50. The van der Waals surface area contributed by atoms with Gasteiger partial charge in [-0.15, -0.1) is 0 Å². The molecule has 1 fully saturated rings. The summed E-state index contributed by atoms with van der Waals surface area (Å²) in [7, 11) is 1.71. The Morgan fingerprint density at radius 3 is 2.32 bits per heavy atom. The van der Waals surface area contributed by atoms with Gasteiger partial charge in [0.25, 0.3) is 0 Å². The summed E-state index contributed by atoms with van der Waals surface area (Å²) >= 11 is 0. The standard InChI is InChI=1S/C13H24N2O4/c1-15(10-6-4-2-3-5-7-10)13(19)14-11(8-9-16)12(17)18/h10-11,16H,2-9H2,1H3,(H,14,19)(H,17,18)/t11-/m1/s1. The number of carboxylic acid groups (broad SMARTS) is 1. The second-order valence-corrected chi connectivity index (χ2v) is 5.11. The summed E-state index contributed by atoms with van der Waals surface area (Å²) in [4.78, 5) is 24.6. The minimum Gasteiger partial charge on any atom is -0.480 e. The van der Waals surface area contributed by atoms with E-state index in [2.05, 4.69) is 5.32 Å². The van der Waals surface area contributed by atoms with Gasteiger partial charge < -0.3 is 20.4 Å². The van der Waals surface area contributed by atoms with Crippen LogP contribution in [-0.4, -0.2) is 52.9 Å². The Hall–Kier alpha value is -1.30. The molecule has 0 aromatic rings. The Morgan fingerprint density at radius 2 is 1.84 bits per heavy atom. The predicted molar refractivity (Wildman–Crippen MR) is 70.9 cm³/mol. The van der Waals surface area contributed by atoms with Gasteiger partial charge in [-0.05, 0) is 12.8 Å². The van der Waals surface area contributed by atoms with Crippen molar-refractivity contribution in [2.24, 2.45) is 0 Å². The van der Waals surface area contributed by atoms with Gasteiger partial charge in [-0.1, -0.05) is 25.7 Å². The molecule has 0 bridgehead atoms. The summed E-state index contributed by atoms with van der Waals surface area (Å²) in [5, 5.41) is 20.2. The molecule has 0 saturated heterocycles. The zero-order valence-electron chi connectivity index (χ0n) is 11.5. The first-order valence-corrected chi connectivity index (χ1v) is 6.93. The fraction of sp³-hybridized carbons (Fsp3) is 0.846. The highest BCUT2D eigenvalue weighted by molar-refractivity contribution is 5.82. The van der Waals surface area contributed by atoms with Gasteiger partial charge in [0.15, 0.2) is 0 Å². The summed E-state index contributed by atoms with van der Waals surface area (Å²) in [6.45, 7) is -0.260. The molecule has 1 aliphatic carbocycles. The molecule has 6 heteroatoms. The summed E-state index contributed by atoms with van der Waals surface area (Å²) in [5.74, 6) is -1.11. The van der Waals surface area contributed by atoms with E-state index in [1.165, 1.54) is 12.8 Å². The van der Waals surface area contributed by atoms with Crippen LogP contribution in [0.2, 0.25) is 0 Å². The van der Waals surface area contributed by atoms with Crippen LogP contribution in [0.3, 0.4) is 0 Å². The van der Waals surface area contributed by atoms with E-state index in [1.807, 2.05) is 0 Å². The van der Waals surface area contributed by atoms with E-state index in [1.54, 1.807) is 11.9 Å². The third kappa shape index (κ3) is 5.06. The minimum atomic E-state index is -1.11. The van der Waals surface area contributed by atoms with Crippen molar-refractivity contribution in [1.82, 2.24) is 10.2 Å². The van der Waals surface area contributed by atoms with Crippen molar-refractivity contribution >= 4 is 12.0 Å². The fourth-order valence-corrected chi connectivity index (χ4v) is 2.45. The number of hydrogen-bond acceptors (Lipinski definition) is 3. The van der Waals surface area contributed by atoms with Crippen molar-refractivity contribution in [2.75, 3.05) is 13.7 Å². The molecule has 0 aromatic carbocycles. The van der Waals surface area contributed by atoms with E-state index in [0.29, 0.717) is 0 Å². The van der Waals surface area contributed by atoms with Crippen LogP contribution in [0, 0.1) is 0 Å². The highest BCUT2D eigenvalue weighted by Crippen LogP contribution is 2.21. The molecular weight excluding hydrogens is 248 g/mol. The maximum Gasteiger partial charge on any atom is 0.326 e. The van der Waals surface area contributed by atoms with Gasteiger partial charge in [0.1, 0.15) is 6.04 Å². The third-order valence-corrected chi connectivity index (χ3v) is 3.71. The second-order valence-electron chi connectivity index (χ2n) is 5.11. The zero-order chi connectivity index (χ0) is 14.3. The van der Waals surface area contributed by atoms with Crippen LogP contribution in [0.15, 0.2) is 0 Å². The van der Waals surface area contributed by atoms with E-state index in [9.17, 15) is 9.59 Å². The van der Waals surface area contributed by atoms with E-state index < -0.39 is 12.0 Å². The SMILES string of the molecule is CN(C(=O)N[C@H](CCO)C(=O)O)C1CCCCCC1. The third-order valence-electron chi connectivity index (χ3n) is 3.71. The number of aliphatic carboxylic acids is 1. The second kappa shape index (κ2) is 7.99. The Morgan fingerprint density at radius 1 is 1.26 bits per heavy atom. The van der Waals surface area contributed by atoms with Gasteiger partial charge in [0.05, 0.1) is 0 Å². The van der Waals surface area contributed by atoms with Crippen molar-refractivity contribution in [3.05, 3.63) is 0 Å². The van der Waals surface area contributed by atoms with Gasteiger partial charge in [0.2, 0.25) is 0 Å². The zero-order valence-corrected chi connectivity index (χ0v) is 11.5. The van der Waals surface area contributed by atoms with Gasteiger partial charge in [-0.25, -0.2) is 9.59 Å². The van der Waals surface area contributed by atoms with Crippen molar-refractivity contribution in [2.45, 2.75) is 57.0 Å². The van der Waals surface area contributed by atoms with Crippen molar-refractivity contribution in [1.29, 1.82) is 0 Å². The number of carbonyl (C=O) groups is 2. The normalized spacial score (nSPS) is 18.4. The molecule has 0 heterocycles. The topological polar surface area (TPSA) is 89.9 Å². The number of nitrogens with one attached hydrogen (secondary N) is 1. The van der Waals surface area contributed by atoms with Crippen molar-refractivity contribution in [3.8, 4) is 0 Å². The number of rotatable bonds is 5. The van der Waals surface area contributed by atoms with E-state index in [0.717, 1.165) is 25.7 Å². The highest BCUT2D eigenvalue weighted by Gasteiger charge is 2.25. The molecule has 1 saturated carbocycles. The maximum absolute atomic E-state index is 12.0. The van der Waals surface area contributed by atoms with E-state index in [-0.39, 0.29) is 25.1 Å². The number of aliphatic hydroxyl groups excluding tert-OH is 1. The molecule has 0 aromatic heterocycles. The quantitative estimate of drug-likeness (QED) is 0.656. The van der Waals surface area contributed by atoms with Gasteiger partial charge in [0, 0.05) is 26.1 Å². The Balaban J connectivity index is 2.52. The van der Waals surface area contributed by atoms with Crippen LogP contribution in [0.4, 0.5) is 4.79 Å². The number of nitrogens with zero attached hydrogens (tertiary/aromatic N) is 1. The average Bonchev–Trinajstić information content (AvgIpc) is 2.65. The predicted octanol–water partition coefficient (Wildman–Crippen LogP) is 1.19. The molecular formula is C13H24N2O4. The highest BCUT2D eigenvalue weighted by atomic mass is 16.4. The molecule has 3 N–H and O–H groups in total. The first kappa shape index (κ1) is 15.8. The van der Waals surface area contributed by atoms with Gasteiger partial charge in [-0.2, -0.15) is 0 Å². The molecule has 1 atom stereocenters. The number of amides is 2. The molecule has 19 heavy (non-hydrogen) atoms. The fourth-order valence-electron chi connectivity index (χ4n) is 2.45. The maximum atomic E-state index is 12.0. The summed E-state index contributed by atoms with van der Waals surface area (Å²) in [6, 6.07) is -1.20. The van der Waals surface area contributed by atoms with Crippen LogP contribution < -0.4 is 5.32 Å². The molecule has 6 nitrogen and oxygen atoms in total. The first-order chi connectivity index (χ1) is 9.06. The lowest BCUT2D eigenvalue weighted by molar-refractivity contribution is -0.139. The molecule has 110 valence electrons. The molecule has 0 aliphatic heterocycles. The van der Waals surface area contributed by atoms with Crippen LogP contribution in [-0.2, 0) is 4.79 Å². The smallest absolute Gasteiger partial charge is 0.326 e. The minimum absolute atomic E-state index is 0.0274. The van der Waals surface area contributed by atoms with Gasteiger partial charge in [-0.3, -0.25) is 0 Å². The average molecular weight is 272 g/mol. The number of aliphatic hydroxyl groups is 1. The van der Waals surface area contributed by atoms with Gasteiger partial charge >= 0.3 is 12.0 Å². The monoisotopic (exact) mass is 272 g/mol. The van der Waals surface area contributed by atoms with Crippen LogP contribution >= 0.6 is 0 Å². The number of carboxylic acids is 1. The Bertz CT molecular complexity index is 301. The van der Waals surface area contributed by atoms with E-state index in [4.69, 9.17) is 10.2 Å². The number of hydrogen-bond donors (Lipinski definition) is 3. The lowest BCUT2D eigenvalue weighted by Gasteiger charge is -2.28. The Kier molecular flexibility index (Phi) is 6.62. The lowest BCUT2D eigenvalue weighted by atomic mass is 10.1. The Labute approximate surface area is 113 Å². The first-order valence-electron chi connectivity index (χ1n) is 6.93. The molecule has 1 aliphatic rings. The molecule has 0 spiro atoms. The number of carbonyl (C=O) groups excluding carboxylic acids is 1. The van der Waals surface area contributed by atoms with Crippen LogP contribution in [0.5, 0.6) is 0 Å². The number of urea groups is 1. The molecule has 0 radical (unpaired) electrons. The van der Waals surface area contributed by atoms with Crippen LogP contribution in [0.1, 0.15) is 44.9 Å². The molecule has 1 rings (SSSR count). The largest absolute Gasteiger partial charge is 0.480 e. The molecule has 0 unspecified atom stereocenters. The van der Waals surface area contributed by atoms with Crippen LogP contribution in [0.25, 0.3) is 0 Å². The van der Waals surface area contributed by atoms with Crippen molar-refractivity contribution in [3.63, 3.8) is 0 Å². The van der Waals surface area contributed by atoms with E-state index >= 15 is 0 Å². The van der Waals surface area contributed by atoms with Crippen molar-refractivity contribution < 1.29 is 19.8 Å².